The van der Waals surface area contributed by atoms with Crippen molar-refractivity contribution in [3.05, 3.63) is 81.0 Å². The number of nitrogens with zero attached hydrogens (tertiary/aromatic N) is 1. The van der Waals surface area contributed by atoms with Crippen LogP contribution in [0, 0.1) is 0 Å². The van der Waals surface area contributed by atoms with Crippen LogP contribution >= 0.6 is 22.9 Å². The summed E-state index contributed by atoms with van der Waals surface area (Å²) in [4.78, 5) is 1.49. The summed E-state index contributed by atoms with van der Waals surface area (Å²) in [6.45, 7) is 0.440. The molecule has 0 radical (unpaired) electrons. The standard InChI is InChI=1S/C20H18ClNO3S2/c1-25-16-6-2-14(3-7-16)20-18-11-13-26-19(18)10-12-22(20)27(23,24)17-8-4-15(21)5-9-17/h2-9,11,13,20H,10,12H2,1H3. The molecular weight excluding hydrogens is 402 g/mol. The molecule has 0 N–H and O–H groups in total. The Labute approximate surface area is 168 Å². The van der Waals surface area contributed by atoms with Crippen LogP contribution in [0.4, 0.5) is 0 Å². The van der Waals surface area contributed by atoms with E-state index in [4.69, 9.17) is 16.3 Å². The summed E-state index contributed by atoms with van der Waals surface area (Å²) >= 11 is 7.61. The highest BCUT2D eigenvalue weighted by Gasteiger charge is 2.37. The normalized spacial score (nSPS) is 17.5. The molecule has 0 bridgehead atoms. The smallest absolute Gasteiger partial charge is 0.243 e. The molecule has 3 aromatic rings. The lowest BCUT2D eigenvalue weighted by atomic mass is 9.95. The molecule has 0 fully saturated rings. The van der Waals surface area contributed by atoms with Crippen LogP contribution in [0.5, 0.6) is 5.75 Å². The van der Waals surface area contributed by atoms with E-state index in [1.165, 1.54) is 4.88 Å². The predicted octanol–water partition coefficient (Wildman–Crippen LogP) is 4.75. The number of benzene rings is 2. The summed E-state index contributed by atoms with van der Waals surface area (Å²) in [6.07, 6.45) is 0.715. The summed E-state index contributed by atoms with van der Waals surface area (Å²) in [5, 5.41) is 2.54. The van der Waals surface area contributed by atoms with E-state index in [1.54, 1.807) is 47.0 Å². The second kappa shape index (κ2) is 7.28. The molecule has 1 aromatic heterocycles. The fraction of sp³-hybridized carbons (Fsp3) is 0.200. The zero-order valence-corrected chi connectivity index (χ0v) is 17.0. The van der Waals surface area contributed by atoms with Gasteiger partial charge in [-0.05, 0) is 65.4 Å². The van der Waals surface area contributed by atoms with Crippen LogP contribution in [0.25, 0.3) is 0 Å². The average Bonchev–Trinajstić information content (AvgIpc) is 3.16. The molecular formula is C20H18ClNO3S2. The third kappa shape index (κ3) is 3.38. The molecule has 140 valence electrons. The molecule has 0 saturated carbocycles. The number of sulfonamides is 1. The Morgan fingerprint density at radius 2 is 1.78 bits per heavy atom. The van der Waals surface area contributed by atoms with Gasteiger partial charge in [0, 0.05) is 16.4 Å². The van der Waals surface area contributed by atoms with Gasteiger partial charge in [-0.1, -0.05) is 23.7 Å². The first-order chi connectivity index (χ1) is 13.0. The van der Waals surface area contributed by atoms with Gasteiger partial charge < -0.3 is 4.74 Å². The number of hydrogen-bond donors (Lipinski definition) is 0. The second-order valence-electron chi connectivity index (χ2n) is 6.29. The monoisotopic (exact) mass is 419 g/mol. The minimum Gasteiger partial charge on any atom is -0.497 e. The summed E-state index contributed by atoms with van der Waals surface area (Å²) < 4.78 is 33.6. The third-order valence-corrected chi connectivity index (χ3v) is 7.90. The Bertz CT molecular complexity index is 1040. The predicted molar refractivity (Wildman–Crippen MR) is 108 cm³/mol. The van der Waals surface area contributed by atoms with Gasteiger partial charge in [-0.2, -0.15) is 4.31 Å². The van der Waals surface area contributed by atoms with Crippen molar-refractivity contribution < 1.29 is 13.2 Å². The number of fused-ring (bicyclic) bond motifs is 1. The lowest BCUT2D eigenvalue weighted by Gasteiger charge is -2.35. The summed E-state index contributed by atoms with van der Waals surface area (Å²) in [5.41, 5.74) is 1.97. The Morgan fingerprint density at radius 1 is 1.07 bits per heavy atom. The molecule has 4 nitrogen and oxygen atoms in total. The van der Waals surface area contributed by atoms with Crippen LogP contribution in [-0.4, -0.2) is 26.4 Å². The van der Waals surface area contributed by atoms with Crippen molar-refractivity contribution in [2.24, 2.45) is 0 Å². The van der Waals surface area contributed by atoms with Crippen LogP contribution in [0.3, 0.4) is 0 Å². The fourth-order valence-electron chi connectivity index (χ4n) is 3.43. The summed E-state index contributed by atoms with van der Waals surface area (Å²) in [7, 11) is -2.05. The molecule has 1 aliphatic heterocycles. The van der Waals surface area contributed by atoms with Gasteiger partial charge in [0.2, 0.25) is 10.0 Å². The van der Waals surface area contributed by atoms with Gasteiger partial charge in [0.05, 0.1) is 18.0 Å². The molecule has 4 rings (SSSR count). The number of methoxy groups -OCH3 is 1. The van der Waals surface area contributed by atoms with E-state index in [-0.39, 0.29) is 10.9 Å². The first-order valence-corrected chi connectivity index (χ1v) is 11.2. The third-order valence-electron chi connectivity index (χ3n) is 4.77. The Kier molecular flexibility index (Phi) is 4.99. The van der Waals surface area contributed by atoms with Crippen molar-refractivity contribution in [1.29, 1.82) is 0 Å². The van der Waals surface area contributed by atoms with Crippen LogP contribution in [0.1, 0.15) is 22.0 Å². The largest absolute Gasteiger partial charge is 0.497 e. The van der Waals surface area contributed by atoms with Gasteiger partial charge in [-0.3, -0.25) is 0 Å². The minimum atomic E-state index is -3.66. The minimum absolute atomic E-state index is 0.254. The molecule has 2 heterocycles. The van der Waals surface area contributed by atoms with Gasteiger partial charge in [0.15, 0.2) is 0 Å². The van der Waals surface area contributed by atoms with Crippen molar-refractivity contribution in [3.63, 3.8) is 0 Å². The Hall–Kier alpha value is -1.86. The van der Waals surface area contributed by atoms with Crippen molar-refractivity contribution in [2.75, 3.05) is 13.7 Å². The molecule has 1 unspecified atom stereocenters. The molecule has 0 saturated heterocycles. The van der Waals surface area contributed by atoms with Gasteiger partial charge in [0.1, 0.15) is 5.75 Å². The van der Waals surface area contributed by atoms with Crippen molar-refractivity contribution >= 4 is 33.0 Å². The van der Waals surface area contributed by atoms with E-state index < -0.39 is 10.0 Å². The second-order valence-corrected chi connectivity index (χ2v) is 9.62. The molecule has 7 heteroatoms. The van der Waals surface area contributed by atoms with Crippen molar-refractivity contribution in [3.8, 4) is 5.75 Å². The quantitative estimate of drug-likeness (QED) is 0.613. The van der Waals surface area contributed by atoms with Crippen molar-refractivity contribution in [1.82, 2.24) is 4.31 Å². The number of rotatable bonds is 4. The van der Waals surface area contributed by atoms with Crippen LogP contribution in [0.15, 0.2) is 64.9 Å². The number of halogens is 1. The molecule has 2 aromatic carbocycles. The van der Waals surface area contributed by atoms with E-state index in [9.17, 15) is 8.42 Å². The van der Waals surface area contributed by atoms with E-state index in [0.717, 1.165) is 16.9 Å². The maximum atomic E-state index is 13.4. The highest BCUT2D eigenvalue weighted by molar-refractivity contribution is 7.89. The molecule has 27 heavy (non-hydrogen) atoms. The van der Waals surface area contributed by atoms with Gasteiger partial charge in [-0.25, -0.2) is 8.42 Å². The van der Waals surface area contributed by atoms with Gasteiger partial charge >= 0.3 is 0 Å². The zero-order valence-electron chi connectivity index (χ0n) is 14.6. The maximum Gasteiger partial charge on any atom is 0.243 e. The van der Waals surface area contributed by atoms with Crippen LogP contribution in [-0.2, 0) is 16.4 Å². The molecule has 1 aliphatic rings. The molecule has 0 aliphatic carbocycles. The molecule has 0 amide bonds. The fourth-order valence-corrected chi connectivity index (χ4v) is 6.05. The lowest BCUT2D eigenvalue weighted by Crippen LogP contribution is -2.40. The van der Waals surface area contributed by atoms with E-state index >= 15 is 0 Å². The van der Waals surface area contributed by atoms with E-state index in [1.807, 2.05) is 35.7 Å². The number of hydrogen-bond acceptors (Lipinski definition) is 4. The first kappa shape index (κ1) is 18.5. The lowest BCUT2D eigenvalue weighted by molar-refractivity contribution is 0.346. The number of thiophene rings is 1. The van der Waals surface area contributed by atoms with Crippen LogP contribution < -0.4 is 4.74 Å². The van der Waals surface area contributed by atoms with Crippen LogP contribution in [0.2, 0.25) is 5.02 Å². The molecule has 0 spiro atoms. The van der Waals surface area contributed by atoms with E-state index in [0.29, 0.717) is 18.0 Å². The highest BCUT2D eigenvalue weighted by Crippen LogP contribution is 2.41. The summed E-state index contributed by atoms with van der Waals surface area (Å²) in [5.74, 6) is 0.743. The van der Waals surface area contributed by atoms with Gasteiger partial charge in [0.25, 0.3) is 0 Å². The van der Waals surface area contributed by atoms with Crippen molar-refractivity contribution in [2.45, 2.75) is 17.4 Å². The maximum absolute atomic E-state index is 13.4. The summed E-state index contributed by atoms with van der Waals surface area (Å²) in [6, 6.07) is 15.6. The number of ether oxygens (including phenoxy) is 1. The highest BCUT2D eigenvalue weighted by atomic mass is 35.5. The molecule has 1 atom stereocenters. The average molecular weight is 420 g/mol. The van der Waals surface area contributed by atoms with Gasteiger partial charge in [-0.15, -0.1) is 11.3 Å². The zero-order chi connectivity index (χ0) is 19.0. The Morgan fingerprint density at radius 3 is 2.44 bits per heavy atom. The topological polar surface area (TPSA) is 46.6 Å². The first-order valence-electron chi connectivity index (χ1n) is 8.48. The Balaban J connectivity index is 1.81. The van der Waals surface area contributed by atoms with E-state index in [2.05, 4.69) is 0 Å². The SMILES string of the molecule is COc1ccc(C2c3ccsc3CCN2S(=O)(=O)c2ccc(Cl)cc2)cc1.